The second-order valence-electron chi connectivity index (χ2n) is 5.43. The van der Waals surface area contributed by atoms with Crippen LogP contribution < -0.4 is 10.6 Å². The van der Waals surface area contributed by atoms with Crippen molar-refractivity contribution in [1.82, 2.24) is 10.2 Å². The molecule has 0 fully saturated rings. The van der Waals surface area contributed by atoms with Crippen LogP contribution in [0.3, 0.4) is 0 Å². The average Bonchev–Trinajstić information content (AvgIpc) is 2.39. The molecule has 2 N–H and O–H groups in total. The van der Waals surface area contributed by atoms with Gasteiger partial charge in [-0.25, -0.2) is 0 Å². The van der Waals surface area contributed by atoms with Crippen LogP contribution in [-0.2, 0) is 9.59 Å². The fourth-order valence-electron chi connectivity index (χ4n) is 2.28. The molecule has 0 aliphatic rings. The Hall–Kier alpha value is -1.88. The first kappa shape index (κ1) is 17.2. The predicted molar refractivity (Wildman–Crippen MR) is 85.5 cm³/mol. The largest absolute Gasteiger partial charge is 0.336 e. The number of carbonyl (C=O) groups is 2. The van der Waals surface area contributed by atoms with Gasteiger partial charge >= 0.3 is 0 Å². The van der Waals surface area contributed by atoms with Gasteiger partial charge in [-0.2, -0.15) is 0 Å². The van der Waals surface area contributed by atoms with Gasteiger partial charge < -0.3 is 15.5 Å². The van der Waals surface area contributed by atoms with Crippen molar-refractivity contribution in [2.45, 2.75) is 27.2 Å². The molecule has 5 heteroatoms. The van der Waals surface area contributed by atoms with Crippen molar-refractivity contribution >= 4 is 17.5 Å². The summed E-state index contributed by atoms with van der Waals surface area (Å²) in [5.74, 6) is -0.220. The van der Waals surface area contributed by atoms with Gasteiger partial charge in [0.15, 0.2) is 0 Å². The maximum absolute atomic E-state index is 12.1. The van der Waals surface area contributed by atoms with E-state index in [0.29, 0.717) is 13.0 Å². The van der Waals surface area contributed by atoms with Gasteiger partial charge in [0, 0.05) is 25.7 Å². The lowest BCUT2D eigenvalue weighted by molar-refractivity contribution is -0.133. The molecule has 21 heavy (non-hydrogen) atoms. The monoisotopic (exact) mass is 291 g/mol. The lowest BCUT2D eigenvalue weighted by Crippen LogP contribution is -2.36. The van der Waals surface area contributed by atoms with Gasteiger partial charge in [-0.1, -0.05) is 17.7 Å². The van der Waals surface area contributed by atoms with Gasteiger partial charge in [0.2, 0.25) is 11.8 Å². The normalized spacial score (nSPS) is 10.3. The highest BCUT2D eigenvalue weighted by Crippen LogP contribution is 2.21. The molecular formula is C16H25N3O2. The van der Waals surface area contributed by atoms with Crippen LogP contribution in [0.1, 0.15) is 23.1 Å². The fourth-order valence-corrected chi connectivity index (χ4v) is 2.28. The molecule has 0 spiro atoms. The number of nitrogens with one attached hydrogen (secondary N) is 2. The molecule has 0 aromatic heterocycles. The van der Waals surface area contributed by atoms with E-state index in [1.165, 1.54) is 10.5 Å². The maximum atomic E-state index is 12.1. The van der Waals surface area contributed by atoms with Crippen LogP contribution in [0.4, 0.5) is 5.69 Å². The Balaban J connectivity index is 2.64. The van der Waals surface area contributed by atoms with Gasteiger partial charge in [-0.3, -0.25) is 9.59 Å². The van der Waals surface area contributed by atoms with E-state index in [-0.39, 0.29) is 18.4 Å². The van der Waals surface area contributed by atoms with Crippen LogP contribution in [-0.4, -0.2) is 43.9 Å². The minimum Gasteiger partial charge on any atom is -0.336 e. The average molecular weight is 291 g/mol. The van der Waals surface area contributed by atoms with Crippen LogP contribution in [0.5, 0.6) is 0 Å². The van der Waals surface area contributed by atoms with Crippen LogP contribution in [0.2, 0.25) is 0 Å². The topological polar surface area (TPSA) is 61.4 Å². The Labute approximate surface area is 126 Å². The Kier molecular flexibility index (Phi) is 6.37. The first-order chi connectivity index (χ1) is 9.85. The Bertz CT molecular complexity index is 503. The number of benzene rings is 1. The van der Waals surface area contributed by atoms with Crippen LogP contribution >= 0.6 is 0 Å². The van der Waals surface area contributed by atoms with E-state index in [0.717, 1.165) is 16.8 Å². The molecule has 0 radical (unpaired) electrons. The molecule has 0 saturated carbocycles. The highest BCUT2D eigenvalue weighted by Gasteiger charge is 2.14. The molecule has 1 aromatic carbocycles. The number of likely N-dealkylation sites (N-methyl/N-ethyl adjacent to an activating group) is 1. The van der Waals surface area contributed by atoms with E-state index in [1.54, 1.807) is 14.1 Å². The van der Waals surface area contributed by atoms with E-state index in [9.17, 15) is 9.59 Å². The smallest absolute Gasteiger partial charge is 0.243 e. The number of aryl methyl sites for hydroxylation is 3. The molecule has 0 aliphatic heterocycles. The van der Waals surface area contributed by atoms with E-state index < -0.39 is 0 Å². The van der Waals surface area contributed by atoms with Crippen LogP contribution in [0.15, 0.2) is 12.1 Å². The summed E-state index contributed by atoms with van der Waals surface area (Å²) in [5, 5.41) is 5.82. The van der Waals surface area contributed by atoms with Gasteiger partial charge in [-0.15, -0.1) is 0 Å². The second kappa shape index (κ2) is 7.78. The van der Waals surface area contributed by atoms with Crippen molar-refractivity contribution < 1.29 is 9.59 Å². The zero-order valence-corrected chi connectivity index (χ0v) is 13.5. The Morgan fingerprint density at radius 1 is 1.14 bits per heavy atom. The number of rotatable bonds is 6. The SMILES string of the molecule is CNCCC(=O)N(C)CC(=O)Nc1c(C)cc(C)cc1C. The summed E-state index contributed by atoms with van der Waals surface area (Å²) in [7, 11) is 3.44. The predicted octanol–water partition coefficient (Wildman–Crippen LogP) is 1.62. The number of nitrogens with zero attached hydrogens (tertiary/aromatic N) is 1. The number of amides is 2. The maximum Gasteiger partial charge on any atom is 0.243 e. The molecule has 1 aromatic rings. The molecule has 116 valence electrons. The first-order valence-electron chi connectivity index (χ1n) is 7.11. The standard InChI is InChI=1S/C16H25N3O2/c1-11-8-12(2)16(13(3)9-11)18-14(20)10-19(5)15(21)6-7-17-4/h8-9,17H,6-7,10H2,1-5H3,(H,18,20). The van der Waals surface area contributed by atoms with Crippen molar-refractivity contribution in [3.05, 3.63) is 28.8 Å². The zero-order valence-electron chi connectivity index (χ0n) is 13.5. The fraction of sp³-hybridized carbons (Fsp3) is 0.500. The minimum absolute atomic E-state index is 0.0446. The number of hydrogen-bond acceptors (Lipinski definition) is 3. The van der Waals surface area contributed by atoms with Crippen LogP contribution in [0, 0.1) is 20.8 Å². The van der Waals surface area contributed by atoms with E-state index in [2.05, 4.69) is 10.6 Å². The van der Waals surface area contributed by atoms with Gasteiger partial charge in [0.1, 0.15) is 0 Å². The van der Waals surface area contributed by atoms with Crippen molar-refractivity contribution in [2.24, 2.45) is 0 Å². The van der Waals surface area contributed by atoms with Crippen molar-refractivity contribution in [3.63, 3.8) is 0 Å². The third-order valence-corrected chi connectivity index (χ3v) is 3.34. The quantitative estimate of drug-likeness (QED) is 0.837. The van der Waals surface area contributed by atoms with E-state index >= 15 is 0 Å². The molecule has 0 unspecified atom stereocenters. The lowest BCUT2D eigenvalue weighted by Gasteiger charge is -2.18. The van der Waals surface area contributed by atoms with E-state index in [4.69, 9.17) is 0 Å². The highest BCUT2D eigenvalue weighted by molar-refractivity contribution is 5.95. The summed E-state index contributed by atoms with van der Waals surface area (Å²) < 4.78 is 0. The van der Waals surface area contributed by atoms with Crippen molar-refractivity contribution in [3.8, 4) is 0 Å². The number of carbonyl (C=O) groups excluding carboxylic acids is 2. The molecule has 2 amide bonds. The Morgan fingerprint density at radius 2 is 1.71 bits per heavy atom. The molecule has 0 aliphatic carbocycles. The second-order valence-corrected chi connectivity index (χ2v) is 5.43. The lowest BCUT2D eigenvalue weighted by atomic mass is 10.1. The van der Waals surface area contributed by atoms with Gasteiger partial charge in [-0.05, 0) is 38.9 Å². The molecule has 0 saturated heterocycles. The third kappa shape index (κ3) is 5.19. The Morgan fingerprint density at radius 3 is 2.24 bits per heavy atom. The summed E-state index contributed by atoms with van der Waals surface area (Å²) >= 11 is 0. The summed E-state index contributed by atoms with van der Waals surface area (Å²) in [6, 6.07) is 4.06. The number of hydrogen-bond donors (Lipinski definition) is 2. The molecule has 1 rings (SSSR count). The van der Waals surface area contributed by atoms with Crippen LogP contribution in [0.25, 0.3) is 0 Å². The minimum atomic E-state index is -0.176. The number of anilines is 1. The van der Waals surface area contributed by atoms with Crippen molar-refractivity contribution in [1.29, 1.82) is 0 Å². The van der Waals surface area contributed by atoms with E-state index in [1.807, 2.05) is 32.9 Å². The molecule has 0 atom stereocenters. The van der Waals surface area contributed by atoms with Gasteiger partial charge in [0.05, 0.1) is 6.54 Å². The summed E-state index contributed by atoms with van der Waals surface area (Å²) in [5.41, 5.74) is 4.07. The zero-order chi connectivity index (χ0) is 16.0. The first-order valence-corrected chi connectivity index (χ1v) is 7.11. The molecular weight excluding hydrogens is 266 g/mol. The molecule has 5 nitrogen and oxygen atoms in total. The molecule has 0 bridgehead atoms. The molecule has 0 heterocycles. The summed E-state index contributed by atoms with van der Waals surface area (Å²) in [6.07, 6.45) is 0.392. The summed E-state index contributed by atoms with van der Waals surface area (Å²) in [6.45, 7) is 6.64. The highest BCUT2D eigenvalue weighted by atomic mass is 16.2. The van der Waals surface area contributed by atoms with Gasteiger partial charge in [0.25, 0.3) is 0 Å². The third-order valence-electron chi connectivity index (χ3n) is 3.34. The van der Waals surface area contributed by atoms with Crippen molar-refractivity contribution in [2.75, 3.05) is 32.5 Å². The summed E-state index contributed by atoms with van der Waals surface area (Å²) in [4.78, 5) is 25.3.